The highest BCUT2D eigenvalue weighted by atomic mass is 32.2. The lowest BCUT2D eigenvalue weighted by molar-refractivity contribution is 0.0178. The van der Waals surface area contributed by atoms with Crippen LogP contribution in [-0.4, -0.2) is 78.8 Å². The van der Waals surface area contributed by atoms with Crippen molar-refractivity contribution in [2.45, 2.75) is 21.3 Å². The molecule has 0 fully saturated rings. The van der Waals surface area contributed by atoms with Crippen LogP contribution in [0.15, 0.2) is 71.0 Å². The van der Waals surface area contributed by atoms with Crippen molar-refractivity contribution in [1.29, 1.82) is 0 Å². The molecule has 0 aliphatic heterocycles. The number of methoxy groups -OCH3 is 2. The number of thiazole rings is 1. The van der Waals surface area contributed by atoms with Gasteiger partial charge in [-0.15, -0.1) is 11.3 Å². The second-order valence-electron chi connectivity index (χ2n) is 10.5. The predicted octanol–water partition coefficient (Wildman–Crippen LogP) is 4.96. The number of hydrogen-bond acceptors (Lipinski definition) is 17. The van der Waals surface area contributed by atoms with Crippen molar-refractivity contribution in [2.24, 2.45) is 0 Å². The number of thioether (sulfide) groups is 2. The second kappa shape index (κ2) is 18.6. The van der Waals surface area contributed by atoms with Gasteiger partial charge in [-0.05, 0) is 23.8 Å². The number of nitrogen functional groups attached to an aromatic ring is 4. The zero-order valence-corrected chi connectivity index (χ0v) is 30.1. The summed E-state index contributed by atoms with van der Waals surface area (Å²) in [6.07, 6.45) is 0. The van der Waals surface area contributed by atoms with E-state index in [0.717, 1.165) is 26.7 Å². The summed E-state index contributed by atoms with van der Waals surface area (Å²) in [7, 11) is 3.24. The SMILES string of the molecule is COCCOCCOCCOc1cc(-c2nc(CSc3nc(N)cc(N)n3)c(C(Sc3nc(N)cc(N)n3)c3ccccc3)s2)ccc1OC. The summed E-state index contributed by atoms with van der Waals surface area (Å²) in [5.74, 6) is 2.75. The first kappa shape index (κ1) is 36.9. The van der Waals surface area contributed by atoms with Crippen molar-refractivity contribution in [1.82, 2.24) is 24.9 Å². The van der Waals surface area contributed by atoms with E-state index in [4.69, 9.17) is 51.6 Å². The largest absolute Gasteiger partial charge is 0.493 e. The molecule has 0 saturated carbocycles. The highest BCUT2D eigenvalue weighted by Gasteiger charge is 2.26. The Labute approximate surface area is 302 Å². The van der Waals surface area contributed by atoms with E-state index < -0.39 is 0 Å². The number of anilines is 4. The lowest BCUT2D eigenvalue weighted by Gasteiger charge is -2.16. The molecule has 5 aromatic rings. The smallest absolute Gasteiger partial charge is 0.192 e. The Morgan fingerprint density at radius 1 is 0.680 bits per heavy atom. The van der Waals surface area contributed by atoms with Gasteiger partial charge in [0.1, 0.15) is 34.9 Å². The summed E-state index contributed by atoms with van der Waals surface area (Å²) in [6, 6.07) is 18.8. The topological polar surface area (TPSA) is 215 Å². The van der Waals surface area contributed by atoms with Gasteiger partial charge in [-0.1, -0.05) is 53.9 Å². The fraction of sp³-hybridized carbons (Fsp3) is 0.303. The number of aromatic nitrogens is 5. The summed E-state index contributed by atoms with van der Waals surface area (Å²) >= 11 is 4.38. The van der Waals surface area contributed by atoms with Gasteiger partial charge in [0.25, 0.3) is 0 Å². The molecule has 0 aliphatic rings. The standard InChI is InChI=1S/C33H39N9O5S3/c1-43-10-11-45-12-13-46-14-15-47-24-16-21(8-9-23(24)44-2)31-38-22(19-48-32-39-25(34)17-26(35)40-32)30(49-31)29(20-6-4-3-5-7-20)50-33-41-27(36)18-28(37)42-33/h3-9,16-18,29H,10-15,19H2,1-2H3,(H4,34,35,39,40)(H4,36,37,41,42). The summed E-state index contributed by atoms with van der Waals surface area (Å²) in [5, 5.41) is 1.41. The number of rotatable bonds is 19. The first-order valence-corrected chi connectivity index (χ1v) is 18.1. The van der Waals surface area contributed by atoms with Crippen LogP contribution < -0.4 is 32.4 Å². The summed E-state index contributed by atoms with van der Waals surface area (Å²) < 4.78 is 27.8. The molecule has 8 N–H and O–H groups in total. The van der Waals surface area contributed by atoms with E-state index in [2.05, 4.69) is 32.1 Å². The predicted molar refractivity (Wildman–Crippen MR) is 199 cm³/mol. The van der Waals surface area contributed by atoms with Crippen LogP contribution in [0.2, 0.25) is 0 Å². The van der Waals surface area contributed by atoms with Crippen LogP contribution in [0.5, 0.6) is 11.5 Å². The van der Waals surface area contributed by atoms with Crippen molar-refractivity contribution in [3.05, 3.63) is 76.8 Å². The quantitative estimate of drug-likeness (QED) is 0.0500. The first-order chi connectivity index (χ1) is 24.3. The lowest BCUT2D eigenvalue weighted by Crippen LogP contribution is -2.12. The average molecular weight is 738 g/mol. The molecule has 1 atom stereocenters. The van der Waals surface area contributed by atoms with Crippen molar-refractivity contribution in [3.63, 3.8) is 0 Å². The Balaban J connectivity index is 1.45. The van der Waals surface area contributed by atoms with Gasteiger partial charge in [0, 0.05) is 35.4 Å². The van der Waals surface area contributed by atoms with E-state index in [1.165, 1.54) is 35.7 Å². The molecular weight excluding hydrogens is 699 g/mol. The third kappa shape index (κ3) is 10.6. The number of ether oxygens (including phenoxy) is 5. The van der Waals surface area contributed by atoms with Crippen molar-refractivity contribution >= 4 is 58.1 Å². The van der Waals surface area contributed by atoms with Crippen molar-refractivity contribution in [3.8, 4) is 22.1 Å². The molecule has 1 unspecified atom stereocenters. The fourth-order valence-corrected chi connectivity index (χ4v) is 7.93. The molecule has 0 amide bonds. The molecule has 14 nitrogen and oxygen atoms in total. The molecule has 0 bridgehead atoms. The molecule has 0 aliphatic carbocycles. The van der Waals surface area contributed by atoms with Gasteiger partial charge in [-0.2, -0.15) is 0 Å². The molecule has 17 heteroatoms. The van der Waals surface area contributed by atoms with Crippen LogP contribution in [0.3, 0.4) is 0 Å². The van der Waals surface area contributed by atoms with E-state index in [1.807, 2.05) is 36.4 Å². The summed E-state index contributed by atoms with van der Waals surface area (Å²) in [4.78, 5) is 23.7. The van der Waals surface area contributed by atoms with Crippen molar-refractivity contribution in [2.75, 3.05) is 76.8 Å². The molecule has 0 spiro atoms. The maximum atomic E-state index is 6.10. The Morgan fingerprint density at radius 2 is 1.30 bits per heavy atom. The van der Waals surface area contributed by atoms with Gasteiger partial charge >= 0.3 is 0 Å². The molecule has 0 radical (unpaired) electrons. The molecule has 3 heterocycles. The number of benzene rings is 2. The van der Waals surface area contributed by atoms with Gasteiger partial charge in [-0.25, -0.2) is 24.9 Å². The number of nitrogens with zero attached hydrogens (tertiary/aromatic N) is 5. The first-order valence-electron chi connectivity index (χ1n) is 15.4. The van der Waals surface area contributed by atoms with E-state index in [0.29, 0.717) is 78.8 Å². The van der Waals surface area contributed by atoms with Crippen LogP contribution in [0.1, 0.15) is 21.4 Å². The molecule has 5 rings (SSSR count). The van der Waals surface area contributed by atoms with E-state index in [-0.39, 0.29) is 16.9 Å². The third-order valence-corrected chi connectivity index (χ3v) is 10.2. The summed E-state index contributed by atoms with van der Waals surface area (Å²) in [6.45, 7) is 2.70. The van der Waals surface area contributed by atoms with Gasteiger partial charge in [-0.3, -0.25) is 0 Å². The zero-order chi connectivity index (χ0) is 35.3. The van der Waals surface area contributed by atoms with Gasteiger partial charge in [0.2, 0.25) is 0 Å². The Hall–Kier alpha value is -4.39. The third-order valence-electron chi connectivity index (χ3n) is 6.82. The Kier molecular flexibility index (Phi) is 13.7. The van der Waals surface area contributed by atoms with Crippen molar-refractivity contribution < 1.29 is 23.7 Å². The minimum Gasteiger partial charge on any atom is -0.493 e. The Bertz CT molecular complexity index is 1790. The lowest BCUT2D eigenvalue weighted by atomic mass is 10.1. The van der Waals surface area contributed by atoms with Crippen LogP contribution >= 0.6 is 34.9 Å². The number of hydrogen-bond donors (Lipinski definition) is 4. The molecular formula is C33H39N9O5S3. The molecule has 0 saturated heterocycles. The van der Waals surface area contributed by atoms with Crippen LogP contribution in [0, 0.1) is 0 Å². The molecule has 50 heavy (non-hydrogen) atoms. The monoisotopic (exact) mass is 737 g/mol. The van der Waals surface area contributed by atoms with Gasteiger partial charge in [0.05, 0.1) is 51.1 Å². The Morgan fingerprint density at radius 3 is 1.94 bits per heavy atom. The average Bonchev–Trinajstić information content (AvgIpc) is 3.52. The second-order valence-corrected chi connectivity index (χ2v) is 13.5. The van der Waals surface area contributed by atoms with Crippen LogP contribution in [-0.2, 0) is 20.0 Å². The maximum Gasteiger partial charge on any atom is 0.192 e. The van der Waals surface area contributed by atoms with E-state index in [9.17, 15) is 0 Å². The minimum atomic E-state index is -0.254. The molecule has 2 aromatic carbocycles. The summed E-state index contributed by atoms with van der Waals surface area (Å²) in [5.41, 5.74) is 26.7. The van der Waals surface area contributed by atoms with E-state index >= 15 is 0 Å². The highest BCUT2D eigenvalue weighted by Crippen LogP contribution is 2.46. The molecule has 3 aromatic heterocycles. The maximum absolute atomic E-state index is 6.10. The van der Waals surface area contributed by atoms with Gasteiger partial charge < -0.3 is 46.6 Å². The van der Waals surface area contributed by atoms with Crippen LogP contribution in [0.4, 0.5) is 23.3 Å². The normalized spacial score (nSPS) is 11.8. The highest BCUT2D eigenvalue weighted by molar-refractivity contribution is 7.99. The van der Waals surface area contributed by atoms with Crippen LogP contribution in [0.25, 0.3) is 10.6 Å². The zero-order valence-electron chi connectivity index (χ0n) is 27.6. The number of nitrogens with two attached hydrogens (primary N) is 4. The minimum absolute atomic E-state index is 0.254. The molecule has 264 valence electrons. The fourth-order valence-electron chi connectivity index (χ4n) is 4.57. The van der Waals surface area contributed by atoms with E-state index in [1.54, 1.807) is 25.6 Å². The van der Waals surface area contributed by atoms with Gasteiger partial charge in [0.15, 0.2) is 21.8 Å².